The quantitative estimate of drug-likeness (QED) is 0.490. The fraction of sp³-hybridized carbons (Fsp3) is 0.800. The molecule has 3 unspecified atom stereocenters. The normalized spacial score (nSPS) is 32.2. The third-order valence-electron chi connectivity index (χ3n) is 2.82. The van der Waals surface area contributed by atoms with E-state index >= 15 is 0 Å². The summed E-state index contributed by atoms with van der Waals surface area (Å²) in [4.78, 5) is 13.9. The molecule has 1 aliphatic rings. The topological polar surface area (TPSA) is 53.2 Å². The summed E-state index contributed by atoms with van der Waals surface area (Å²) in [6.07, 6.45) is 5.25. The monoisotopic (exact) mass is 178 g/mol. The molecule has 0 saturated heterocycles. The van der Waals surface area contributed by atoms with Gasteiger partial charge in [-0.1, -0.05) is 6.92 Å². The Kier molecular flexibility index (Phi) is 3.67. The summed E-state index contributed by atoms with van der Waals surface area (Å²) in [6.45, 7) is 2.11. The molecule has 1 fully saturated rings. The summed E-state index contributed by atoms with van der Waals surface area (Å²) in [7, 11) is 0. The van der Waals surface area contributed by atoms with Gasteiger partial charge in [0.25, 0.3) is 0 Å². The van der Waals surface area contributed by atoms with Gasteiger partial charge in [-0.25, -0.2) is 9.79 Å². The summed E-state index contributed by atoms with van der Waals surface area (Å²) < 4.78 is 0. The van der Waals surface area contributed by atoms with Crippen LogP contribution in [-0.4, -0.2) is 12.1 Å². The lowest BCUT2D eigenvalue weighted by Crippen LogP contribution is -2.06. The van der Waals surface area contributed by atoms with Crippen molar-refractivity contribution in [2.75, 3.05) is 0 Å². The Balaban J connectivity index is 2.41. The minimum Gasteiger partial charge on any atom is -0.211 e. The van der Waals surface area contributed by atoms with Gasteiger partial charge in [0.05, 0.1) is 12.1 Å². The average Bonchev–Trinajstić information content (AvgIpc) is 2.45. The van der Waals surface area contributed by atoms with E-state index in [0.717, 1.165) is 19.3 Å². The zero-order valence-corrected chi connectivity index (χ0v) is 7.86. The van der Waals surface area contributed by atoms with Crippen LogP contribution in [0.2, 0.25) is 0 Å². The van der Waals surface area contributed by atoms with E-state index in [4.69, 9.17) is 5.26 Å². The lowest BCUT2D eigenvalue weighted by atomic mass is 10.0. The Morgan fingerprint density at radius 2 is 2.31 bits per heavy atom. The fourth-order valence-corrected chi connectivity index (χ4v) is 2.10. The molecule has 0 amide bonds. The molecule has 0 radical (unpaired) electrons. The first-order chi connectivity index (χ1) is 6.27. The van der Waals surface area contributed by atoms with Crippen LogP contribution in [0.1, 0.15) is 32.6 Å². The maximum atomic E-state index is 10.1. The highest BCUT2D eigenvalue weighted by Gasteiger charge is 2.30. The lowest BCUT2D eigenvalue weighted by molar-refractivity contribution is 0.485. The highest BCUT2D eigenvalue weighted by molar-refractivity contribution is 5.33. The molecule has 3 nitrogen and oxygen atoms in total. The number of carbonyl (C=O) groups excluding carboxylic acids is 1. The van der Waals surface area contributed by atoms with Gasteiger partial charge in [0, 0.05) is 6.42 Å². The van der Waals surface area contributed by atoms with Gasteiger partial charge >= 0.3 is 0 Å². The summed E-state index contributed by atoms with van der Waals surface area (Å²) in [5.41, 5.74) is 0. The van der Waals surface area contributed by atoms with E-state index in [2.05, 4.69) is 18.0 Å². The Morgan fingerprint density at radius 3 is 2.92 bits per heavy atom. The molecule has 3 atom stereocenters. The van der Waals surface area contributed by atoms with Gasteiger partial charge < -0.3 is 0 Å². The van der Waals surface area contributed by atoms with E-state index in [9.17, 15) is 4.79 Å². The summed E-state index contributed by atoms with van der Waals surface area (Å²) in [5.74, 6) is 1.06. The van der Waals surface area contributed by atoms with Gasteiger partial charge in [0.2, 0.25) is 6.08 Å². The minimum absolute atomic E-state index is 0.154. The Hall–Kier alpha value is -1.13. The van der Waals surface area contributed by atoms with Gasteiger partial charge in [-0.3, -0.25) is 0 Å². The van der Waals surface area contributed by atoms with Crippen LogP contribution < -0.4 is 0 Å². The van der Waals surface area contributed by atoms with Crippen molar-refractivity contribution in [2.24, 2.45) is 16.8 Å². The first-order valence-corrected chi connectivity index (χ1v) is 4.72. The minimum atomic E-state index is 0.154. The zero-order chi connectivity index (χ0) is 9.68. The molecule has 0 aromatic heterocycles. The molecule has 0 aliphatic heterocycles. The van der Waals surface area contributed by atoms with E-state index in [1.807, 2.05) is 0 Å². The molecule has 0 spiro atoms. The summed E-state index contributed by atoms with van der Waals surface area (Å²) in [5, 5.41) is 8.43. The molecule has 1 rings (SSSR count). The maximum Gasteiger partial charge on any atom is 0.235 e. The van der Waals surface area contributed by atoms with Crippen molar-refractivity contribution < 1.29 is 4.79 Å². The van der Waals surface area contributed by atoms with Crippen LogP contribution in [0.15, 0.2) is 4.99 Å². The average molecular weight is 178 g/mol. The van der Waals surface area contributed by atoms with E-state index in [0.29, 0.717) is 18.3 Å². The second-order valence-electron chi connectivity index (χ2n) is 3.80. The van der Waals surface area contributed by atoms with Gasteiger partial charge in [-0.05, 0) is 31.1 Å². The third-order valence-corrected chi connectivity index (χ3v) is 2.82. The number of hydrogen-bond acceptors (Lipinski definition) is 3. The number of isocyanates is 1. The van der Waals surface area contributed by atoms with E-state index in [-0.39, 0.29) is 6.04 Å². The van der Waals surface area contributed by atoms with Crippen LogP contribution >= 0.6 is 0 Å². The molecular weight excluding hydrogens is 164 g/mol. The maximum absolute atomic E-state index is 10.1. The molecular formula is C10H14N2O. The molecule has 1 saturated carbocycles. The molecule has 13 heavy (non-hydrogen) atoms. The summed E-state index contributed by atoms with van der Waals surface area (Å²) >= 11 is 0. The number of nitrogens with zero attached hydrogens (tertiary/aromatic N) is 2. The van der Waals surface area contributed by atoms with Crippen molar-refractivity contribution in [2.45, 2.75) is 38.6 Å². The molecule has 0 N–H and O–H groups in total. The van der Waals surface area contributed by atoms with Crippen LogP contribution in [0.3, 0.4) is 0 Å². The predicted octanol–water partition coefficient (Wildman–Crippen LogP) is 2.04. The fourth-order valence-electron chi connectivity index (χ4n) is 2.10. The smallest absolute Gasteiger partial charge is 0.211 e. The largest absolute Gasteiger partial charge is 0.235 e. The first-order valence-electron chi connectivity index (χ1n) is 4.72. The predicted molar refractivity (Wildman–Crippen MR) is 48.6 cm³/mol. The zero-order valence-electron chi connectivity index (χ0n) is 7.86. The second kappa shape index (κ2) is 4.79. The van der Waals surface area contributed by atoms with Crippen LogP contribution in [-0.2, 0) is 4.79 Å². The molecule has 0 aromatic carbocycles. The van der Waals surface area contributed by atoms with Crippen LogP contribution in [0.25, 0.3) is 0 Å². The molecule has 0 aromatic rings. The SMILES string of the molecule is CC1CC(CCC#N)CC1N=C=O. The Morgan fingerprint density at radius 1 is 1.54 bits per heavy atom. The molecule has 0 bridgehead atoms. The number of aliphatic imine (C=N–C) groups is 1. The molecule has 3 heteroatoms. The van der Waals surface area contributed by atoms with E-state index < -0.39 is 0 Å². The van der Waals surface area contributed by atoms with Crippen LogP contribution in [0.4, 0.5) is 0 Å². The number of rotatable bonds is 3. The standard InChI is InChI=1S/C10H14N2O/c1-8-5-9(3-2-4-11)6-10(8)12-7-13/h8-10H,2-3,5-6H2,1H3. The Labute approximate surface area is 78.5 Å². The summed E-state index contributed by atoms with van der Waals surface area (Å²) in [6, 6.07) is 2.30. The van der Waals surface area contributed by atoms with Crippen molar-refractivity contribution in [3.8, 4) is 6.07 Å². The van der Waals surface area contributed by atoms with Crippen LogP contribution in [0, 0.1) is 23.2 Å². The molecule has 1 aliphatic carbocycles. The van der Waals surface area contributed by atoms with Gasteiger partial charge in [-0.15, -0.1) is 0 Å². The van der Waals surface area contributed by atoms with Crippen molar-refractivity contribution >= 4 is 6.08 Å². The number of hydrogen-bond donors (Lipinski definition) is 0. The van der Waals surface area contributed by atoms with Crippen molar-refractivity contribution in [3.63, 3.8) is 0 Å². The van der Waals surface area contributed by atoms with Crippen molar-refractivity contribution in [1.29, 1.82) is 5.26 Å². The van der Waals surface area contributed by atoms with E-state index in [1.54, 1.807) is 6.08 Å². The Bertz CT molecular complexity index is 250. The highest BCUT2D eigenvalue weighted by Crippen LogP contribution is 2.35. The lowest BCUT2D eigenvalue weighted by Gasteiger charge is -2.04. The first kappa shape index (κ1) is 9.95. The highest BCUT2D eigenvalue weighted by atomic mass is 16.1. The van der Waals surface area contributed by atoms with Gasteiger partial charge in [0.15, 0.2) is 0 Å². The van der Waals surface area contributed by atoms with Crippen LogP contribution in [0.5, 0.6) is 0 Å². The van der Waals surface area contributed by atoms with Gasteiger partial charge in [-0.2, -0.15) is 5.26 Å². The third kappa shape index (κ3) is 2.68. The molecule has 70 valence electrons. The number of nitriles is 1. The van der Waals surface area contributed by atoms with Gasteiger partial charge in [0.1, 0.15) is 0 Å². The van der Waals surface area contributed by atoms with E-state index in [1.165, 1.54) is 0 Å². The molecule has 0 heterocycles. The van der Waals surface area contributed by atoms with Crippen molar-refractivity contribution in [1.82, 2.24) is 0 Å². The van der Waals surface area contributed by atoms with Crippen molar-refractivity contribution in [3.05, 3.63) is 0 Å². The second-order valence-corrected chi connectivity index (χ2v) is 3.80.